The first kappa shape index (κ1) is 18.6. The van der Waals surface area contributed by atoms with Gasteiger partial charge in [0.1, 0.15) is 6.04 Å². The first-order valence-corrected chi connectivity index (χ1v) is 10.4. The molecule has 0 aliphatic carbocycles. The van der Waals surface area contributed by atoms with E-state index in [0.717, 1.165) is 12.8 Å². The second-order valence-corrected chi connectivity index (χ2v) is 8.88. The minimum Gasteiger partial charge on any atom is -0.337 e. The van der Waals surface area contributed by atoms with Crippen LogP contribution in [0.3, 0.4) is 0 Å². The van der Waals surface area contributed by atoms with Crippen LogP contribution in [-0.4, -0.2) is 41.7 Å². The van der Waals surface area contributed by atoms with Crippen LogP contribution in [0, 0.1) is 0 Å². The average Bonchev–Trinajstić information content (AvgIpc) is 3.29. The molecule has 0 N–H and O–H groups in total. The minimum atomic E-state index is -3.47. The van der Waals surface area contributed by atoms with Crippen molar-refractivity contribution in [2.45, 2.75) is 50.0 Å². The molecule has 0 saturated carbocycles. The SMILES string of the molecule is CC(C)c1noc([C@@H]2CCCN2C(=O)CCS(=O)(=O)c2ccccc2)n1. The number of aromatic nitrogens is 2. The van der Waals surface area contributed by atoms with Gasteiger partial charge in [0.05, 0.1) is 10.6 Å². The van der Waals surface area contributed by atoms with Crippen molar-refractivity contribution >= 4 is 15.7 Å². The van der Waals surface area contributed by atoms with E-state index in [1.165, 1.54) is 0 Å². The molecule has 1 aliphatic heterocycles. The van der Waals surface area contributed by atoms with Crippen LogP contribution in [0.2, 0.25) is 0 Å². The molecule has 1 saturated heterocycles. The van der Waals surface area contributed by atoms with Crippen molar-refractivity contribution in [3.05, 3.63) is 42.0 Å². The lowest BCUT2D eigenvalue weighted by molar-refractivity contribution is -0.132. The fourth-order valence-electron chi connectivity index (χ4n) is 3.05. The van der Waals surface area contributed by atoms with Crippen LogP contribution in [0.15, 0.2) is 39.8 Å². The highest BCUT2D eigenvalue weighted by Crippen LogP contribution is 2.32. The van der Waals surface area contributed by atoms with Crippen molar-refractivity contribution < 1.29 is 17.7 Å². The van der Waals surface area contributed by atoms with Crippen molar-refractivity contribution in [1.29, 1.82) is 0 Å². The van der Waals surface area contributed by atoms with Gasteiger partial charge in [0.2, 0.25) is 11.8 Å². The van der Waals surface area contributed by atoms with E-state index in [1.54, 1.807) is 35.2 Å². The zero-order chi connectivity index (χ0) is 18.7. The van der Waals surface area contributed by atoms with Crippen molar-refractivity contribution in [3.63, 3.8) is 0 Å². The van der Waals surface area contributed by atoms with Crippen LogP contribution in [-0.2, 0) is 14.6 Å². The molecule has 8 heteroatoms. The van der Waals surface area contributed by atoms with Gasteiger partial charge in [-0.15, -0.1) is 0 Å². The second-order valence-electron chi connectivity index (χ2n) is 6.77. The van der Waals surface area contributed by atoms with Crippen LogP contribution < -0.4 is 0 Å². The Hall–Kier alpha value is -2.22. The van der Waals surface area contributed by atoms with Gasteiger partial charge in [-0.05, 0) is 25.0 Å². The van der Waals surface area contributed by atoms with Gasteiger partial charge in [0.15, 0.2) is 15.7 Å². The monoisotopic (exact) mass is 377 g/mol. The summed E-state index contributed by atoms with van der Waals surface area (Å²) in [5, 5.41) is 3.96. The Bertz CT molecular complexity index is 862. The molecular weight excluding hydrogens is 354 g/mol. The highest BCUT2D eigenvalue weighted by atomic mass is 32.2. The van der Waals surface area contributed by atoms with E-state index in [-0.39, 0.29) is 34.9 Å². The van der Waals surface area contributed by atoms with E-state index in [9.17, 15) is 13.2 Å². The van der Waals surface area contributed by atoms with E-state index in [2.05, 4.69) is 10.1 Å². The third-order valence-corrected chi connectivity index (χ3v) is 6.25. The summed E-state index contributed by atoms with van der Waals surface area (Å²) in [5.74, 6) is 0.793. The third-order valence-electron chi connectivity index (χ3n) is 4.52. The number of likely N-dealkylation sites (tertiary alicyclic amines) is 1. The highest BCUT2D eigenvalue weighted by molar-refractivity contribution is 7.91. The molecule has 140 valence electrons. The van der Waals surface area contributed by atoms with Crippen molar-refractivity contribution in [2.24, 2.45) is 0 Å². The first-order valence-electron chi connectivity index (χ1n) is 8.79. The normalized spacial score (nSPS) is 17.8. The number of rotatable bonds is 6. The van der Waals surface area contributed by atoms with Gasteiger partial charge < -0.3 is 9.42 Å². The van der Waals surface area contributed by atoms with Crippen molar-refractivity contribution in [3.8, 4) is 0 Å². The van der Waals surface area contributed by atoms with E-state index >= 15 is 0 Å². The Kier molecular flexibility index (Phi) is 5.41. The van der Waals surface area contributed by atoms with Gasteiger partial charge in [-0.1, -0.05) is 37.2 Å². The maximum atomic E-state index is 12.6. The number of hydrogen-bond donors (Lipinski definition) is 0. The van der Waals surface area contributed by atoms with Crippen LogP contribution in [0.4, 0.5) is 0 Å². The molecular formula is C18H23N3O4S. The van der Waals surface area contributed by atoms with Crippen LogP contribution in [0.1, 0.15) is 56.8 Å². The number of benzene rings is 1. The lowest BCUT2D eigenvalue weighted by Crippen LogP contribution is -2.32. The lowest BCUT2D eigenvalue weighted by Gasteiger charge is -2.21. The summed E-state index contributed by atoms with van der Waals surface area (Å²) >= 11 is 0. The van der Waals surface area contributed by atoms with Gasteiger partial charge in [0.25, 0.3) is 0 Å². The number of sulfone groups is 1. The van der Waals surface area contributed by atoms with Crippen molar-refractivity contribution in [2.75, 3.05) is 12.3 Å². The minimum absolute atomic E-state index is 0.0566. The predicted octanol–water partition coefficient (Wildman–Crippen LogP) is 2.72. The zero-order valence-corrected chi connectivity index (χ0v) is 15.8. The third kappa shape index (κ3) is 3.95. The molecule has 26 heavy (non-hydrogen) atoms. The molecule has 0 radical (unpaired) electrons. The van der Waals surface area contributed by atoms with Gasteiger partial charge in [-0.3, -0.25) is 4.79 Å². The summed E-state index contributed by atoms with van der Waals surface area (Å²) in [4.78, 5) is 18.9. The fraction of sp³-hybridized carbons (Fsp3) is 0.500. The Labute approximate surface area is 153 Å². The standard InChI is InChI=1S/C18H23N3O4S/c1-13(2)17-19-18(25-20-17)15-9-6-11-21(15)16(22)10-12-26(23,24)14-7-4-3-5-8-14/h3-5,7-8,13,15H,6,9-12H2,1-2H3/t15-/m0/s1. The summed E-state index contributed by atoms with van der Waals surface area (Å²) in [5.41, 5.74) is 0. The molecule has 1 aromatic carbocycles. The number of carbonyl (C=O) groups excluding carboxylic acids is 1. The van der Waals surface area contributed by atoms with Gasteiger partial charge in [-0.2, -0.15) is 4.98 Å². The molecule has 2 aromatic rings. The molecule has 1 fully saturated rings. The van der Waals surface area contributed by atoms with Crippen LogP contribution in [0.25, 0.3) is 0 Å². The number of hydrogen-bond acceptors (Lipinski definition) is 6. The molecule has 0 spiro atoms. The Morgan fingerprint density at radius 2 is 2.04 bits per heavy atom. The largest absolute Gasteiger partial charge is 0.337 e. The van der Waals surface area contributed by atoms with Gasteiger partial charge in [-0.25, -0.2) is 8.42 Å². The van der Waals surface area contributed by atoms with Gasteiger partial charge in [0, 0.05) is 18.9 Å². The summed E-state index contributed by atoms with van der Waals surface area (Å²) in [6.45, 7) is 4.52. The predicted molar refractivity (Wildman–Crippen MR) is 95.2 cm³/mol. The number of carbonyl (C=O) groups is 1. The van der Waals surface area contributed by atoms with Crippen molar-refractivity contribution in [1.82, 2.24) is 15.0 Å². The fourth-order valence-corrected chi connectivity index (χ4v) is 4.30. The highest BCUT2D eigenvalue weighted by Gasteiger charge is 2.34. The summed E-state index contributed by atoms with van der Waals surface area (Å²) in [7, 11) is -3.47. The number of nitrogens with zero attached hydrogens (tertiary/aromatic N) is 3. The molecule has 2 heterocycles. The van der Waals surface area contributed by atoms with E-state index in [4.69, 9.17) is 4.52 Å². The first-order chi connectivity index (χ1) is 12.4. The number of amides is 1. The quantitative estimate of drug-likeness (QED) is 0.768. The maximum absolute atomic E-state index is 12.6. The zero-order valence-electron chi connectivity index (χ0n) is 15.0. The molecule has 0 unspecified atom stereocenters. The Morgan fingerprint density at radius 1 is 1.31 bits per heavy atom. The summed E-state index contributed by atoms with van der Waals surface area (Å²) < 4.78 is 30.1. The molecule has 1 amide bonds. The van der Waals surface area contributed by atoms with Crippen LogP contribution >= 0.6 is 0 Å². The van der Waals surface area contributed by atoms with E-state index < -0.39 is 9.84 Å². The lowest BCUT2D eigenvalue weighted by atomic mass is 10.2. The van der Waals surface area contributed by atoms with E-state index in [0.29, 0.717) is 18.3 Å². The van der Waals surface area contributed by atoms with E-state index in [1.807, 2.05) is 13.8 Å². The maximum Gasteiger partial charge on any atom is 0.249 e. The molecule has 1 atom stereocenters. The molecule has 0 bridgehead atoms. The van der Waals surface area contributed by atoms with Crippen LogP contribution in [0.5, 0.6) is 0 Å². The summed E-state index contributed by atoms with van der Waals surface area (Å²) in [6.07, 6.45) is 1.52. The second kappa shape index (κ2) is 7.57. The average molecular weight is 377 g/mol. The van der Waals surface area contributed by atoms with Gasteiger partial charge >= 0.3 is 0 Å². The smallest absolute Gasteiger partial charge is 0.249 e. The molecule has 3 rings (SSSR count). The topological polar surface area (TPSA) is 93.4 Å². The molecule has 1 aliphatic rings. The molecule has 1 aromatic heterocycles. The Balaban J connectivity index is 1.67. The Morgan fingerprint density at radius 3 is 2.69 bits per heavy atom. The summed E-state index contributed by atoms with van der Waals surface area (Å²) in [6, 6.07) is 7.94. The molecule has 7 nitrogen and oxygen atoms in total.